The summed E-state index contributed by atoms with van der Waals surface area (Å²) < 4.78 is 2.04. The smallest absolute Gasteiger partial charge is 0.287 e. The molecule has 3 rings (SSSR count). The van der Waals surface area contributed by atoms with Gasteiger partial charge >= 0.3 is 0 Å². The molecule has 0 aromatic carbocycles. The average Bonchev–Trinajstić information content (AvgIpc) is 2.62. The lowest BCUT2D eigenvalue weighted by atomic mass is 9.97. The van der Waals surface area contributed by atoms with Crippen LogP contribution in [-0.4, -0.2) is 33.8 Å². The van der Waals surface area contributed by atoms with Crippen molar-refractivity contribution in [3.8, 4) is 0 Å². The van der Waals surface area contributed by atoms with Crippen LogP contribution in [0.4, 0.5) is 11.5 Å². The number of nitrogens with zero attached hydrogens (tertiary/aromatic N) is 4. The minimum atomic E-state index is -0.343. The Morgan fingerprint density at radius 2 is 2.20 bits per heavy atom. The molecular formula is C16H17BrClN5O2. The van der Waals surface area contributed by atoms with E-state index >= 15 is 0 Å². The van der Waals surface area contributed by atoms with Crippen LogP contribution in [0.15, 0.2) is 33.8 Å². The molecule has 0 spiro atoms. The van der Waals surface area contributed by atoms with Crippen molar-refractivity contribution >= 4 is 44.9 Å². The summed E-state index contributed by atoms with van der Waals surface area (Å²) in [5.41, 5.74) is 0.230. The van der Waals surface area contributed by atoms with Crippen LogP contribution < -0.4 is 15.8 Å². The lowest BCUT2D eigenvalue weighted by molar-refractivity contribution is -0.120. The van der Waals surface area contributed by atoms with Crippen molar-refractivity contribution in [1.29, 1.82) is 0 Å². The summed E-state index contributed by atoms with van der Waals surface area (Å²) in [7, 11) is 1.55. The van der Waals surface area contributed by atoms with Gasteiger partial charge in [-0.3, -0.25) is 9.59 Å². The number of hydrogen-bond acceptors (Lipinski definition) is 5. The maximum Gasteiger partial charge on any atom is 0.287 e. The zero-order chi connectivity index (χ0) is 18.0. The molecule has 1 atom stereocenters. The molecule has 2 aromatic rings. The quantitative estimate of drug-likeness (QED) is 0.815. The summed E-state index contributed by atoms with van der Waals surface area (Å²) in [4.78, 5) is 30.6. The minimum Gasteiger partial charge on any atom is -0.368 e. The SMILES string of the molecule is Cn1ncc(N2CCCC(C(=O)Nc3ccc(Br)cn3)C2)c(Cl)c1=O. The van der Waals surface area contributed by atoms with Gasteiger partial charge in [-0.05, 0) is 40.9 Å². The molecule has 0 radical (unpaired) electrons. The van der Waals surface area contributed by atoms with Crippen LogP contribution in [0, 0.1) is 5.92 Å². The molecule has 1 saturated heterocycles. The van der Waals surface area contributed by atoms with E-state index in [0.717, 1.165) is 23.9 Å². The van der Waals surface area contributed by atoms with E-state index in [0.29, 0.717) is 18.1 Å². The predicted molar refractivity (Wildman–Crippen MR) is 100.0 cm³/mol. The van der Waals surface area contributed by atoms with E-state index in [1.165, 1.54) is 4.68 Å². The third-order valence-corrected chi connectivity index (χ3v) is 5.00. The number of rotatable bonds is 3. The maximum atomic E-state index is 12.5. The van der Waals surface area contributed by atoms with E-state index < -0.39 is 0 Å². The van der Waals surface area contributed by atoms with Crippen molar-refractivity contribution in [2.75, 3.05) is 23.3 Å². The number of hydrogen-bond donors (Lipinski definition) is 1. The van der Waals surface area contributed by atoms with E-state index in [1.807, 2.05) is 11.0 Å². The van der Waals surface area contributed by atoms with E-state index in [9.17, 15) is 9.59 Å². The first-order valence-electron chi connectivity index (χ1n) is 7.85. The van der Waals surface area contributed by atoms with Crippen LogP contribution in [0.25, 0.3) is 0 Å². The molecule has 9 heteroatoms. The molecular weight excluding hydrogens is 410 g/mol. The molecule has 132 valence electrons. The summed E-state index contributed by atoms with van der Waals surface area (Å²) in [6, 6.07) is 3.56. The molecule has 0 saturated carbocycles. The van der Waals surface area contributed by atoms with Gasteiger partial charge in [-0.25, -0.2) is 9.67 Å². The number of piperidine rings is 1. The van der Waals surface area contributed by atoms with Crippen LogP contribution in [0.2, 0.25) is 5.02 Å². The summed E-state index contributed by atoms with van der Waals surface area (Å²) in [6.45, 7) is 1.21. The molecule has 1 amide bonds. The van der Waals surface area contributed by atoms with E-state index in [4.69, 9.17) is 11.6 Å². The van der Waals surface area contributed by atoms with Crippen molar-refractivity contribution in [2.24, 2.45) is 13.0 Å². The van der Waals surface area contributed by atoms with Gasteiger partial charge in [0, 0.05) is 30.8 Å². The van der Waals surface area contributed by atoms with Crippen LogP contribution in [-0.2, 0) is 11.8 Å². The van der Waals surface area contributed by atoms with Gasteiger partial charge in [0.25, 0.3) is 5.56 Å². The number of carbonyl (C=O) groups excluding carboxylic acids is 1. The minimum absolute atomic E-state index is 0.0903. The second kappa shape index (κ2) is 7.53. The lowest BCUT2D eigenvalue weighted by Crippen LogP contribution is -2.41. The first kappa shape index (κ1) is 17.9. The average molecular weight is 427 g/mol. The topological polar surface area (TPSA) is 80.1 Å². The summed E-state index contributed by atoms with van der Waals surface area (Å²) in [5.74, 6) is 0.213. The van der Waals surface area contributed by atoms with Crippen LogP contribution in [0.3, 0.4) is 0 Å². The van der Waals surface area contributed by atoms with Gasteiger partial charge in [0.2, 0.25) is 5.91 Å². The van der Waals surface area contributed by atoms with Crippen LogP contribution in [0.1, 0.15) is 12.8 Å². The molecule has 1 N–H and O–H groups in total. The molecule has 1 unspecified atom stereocenters. The standard InChI is InChI=1S/C16H17BrClN5O2/c1-22-16(25)14(18)12(8-20-22)23-6-2-3-10(9-23)15(24)21-13-5-4-11(17)7-19-13/h4-5,7-8,10H,2-3,6,9H2,1H3,(H,19,21,24). The van der Waals surface area contributed by atoms with Crippen molar-refractivity contribution in [2.45, 2.75) is 12.8 Å². The molecule has 25 heavy (non-hydrogen) atoms. The van der Waals surface area contributed by atoms with Gasteiger partial charge in [0.15, 0.2) is 0 Å². The van der Waals surface area contributed by atoms with Gasteiger partial charge in [0.1, 0.15) is 10.8 Å². The molecule has 1 aliphatic heterocycles. The fourth-order valence-corrected chi connectivity index (χ4v) is 3.34. The number of nitrogens with one attached hydrogen (secondary N) is 1. The Morgan fingerprint density at radius 1 is 1.40 bits per heavy atom. The van der Waals surface area contributed by atoms with Crippen LogP contribution >= 0.6 is 27.5 Å². The number of anilines is 2. The monoisotopic (exact) mass is 425 g/mol. The Bertz CT molecular complexity index is 839. The first-order valence-corrected chi connectivity index (χ1v) is 9.02. The van der Waals surface area contributed by atoms with E-state index in [2.05, 4.69) is 31.3 Å². The molecule has 7 nitrogen and oxygen atoms in total. The highest BCUT2D eigenvalue weighted by molar-refractivity contribution is 9.10. The van der Waals surface area contributed by atoms with Gasteiger partial charge < -0.3 is 10.2 Å². The third kappa shape index (κ3) is 4.01. The summed E-state index contributed by atoms with van der Waals surface area (Å²) >= 11 is 9.49. The number of carbonyl (C=O) groups is 1. The van der Waals surface area contributed by atoms with Crippen molar-refractivity contribution in [3.63, 3.8) is 0 Å². The summed E-state index contributed by atoms with van der Waals surface area (Å²) in [6.07, 6.45) is 4.81. The Morgan fingerprint density at radius 3 is 2.92 bits per heavy atom. The number of aryl methyl sites for hydroxylation is 1. The van der Waals surface area contributed by atoms with Crippen LogP contribution in [0.5, 0.6) is 0 Å². The van der Waals surface area contributed by atoms with Gasteiger partial charge in [-0.1, -0.05) is 11.6 Å². The summed E-state index contributed by atoms with van der Waals surface area (Å²) in [5, 5.41) is 6.99. The van der Waals surface area contributed by atoms with Crippen molar-refractivity contribution in [1.82, 2.24) is 14.8 Å². The van der Waals surface area contributed by atoms with E-state index in [-0.39, 0.29) is 22.4 Å². The largest absolute Gasteiger partial charge is 0.368 e. The highest BCUT2D eigenvalue weighted by atomic mass is 79.9. The highest BCUT2D eigenvalue weighted by Crippen LogP contribution is 2.27. The molecule has 0 bridgehead atoms. The van der Waals surface area contributed by atoms with Gasteiger partial charge in [0.05, 0.1) is 17.8 Å². The molecule has 0 aliphatic carbocycles. The fraction of sp³-hybridized carbons (Fsp3) is 0.375. The highest BCUT2D eigenvalue weighted by Gasteiger charge is 2.28. The Hall–Kier alpha value is -1.93. The van der Waals surface area contributed by atoms with Gasteiger partial charge in [-0.15, -0.1) is 0 Å². The Balaban J connectivity index is 1.72. The lowest BCUT2D eigenvalue weighted by Gasteiger charge is -2.33. The molecule has 3 heterocycles. The number of halogens is 2. The number of pyridine rings is 1. The van der Waals surface area contributed by atoms with Gasteiger partial charge in [-0.2, -0.15) is 5.10 Å². The Labute approximate surface area is 158 Å². The molecule has 1 fully saturated rings. The normalized spacial score (nSPS) is 17.4. The third-order valence-electron chi connectivity index (χ3n) is 4.17. The van der Waals surface area contributed by atoms with Crippen molar-refractivity contribution in [3.05, 3.63) is 44.4 Å². The number of amides is 1. The van der Waals surface area contributed by atoms with E-state index in [1.54, 1.807) is 25.5 Å². The van der Waals surface area contributed by atoms with Crippen molar-refractivity contribution < 1.29 is 4.79 Å². The second-order valence-electron chi connectivity index (χ2n) is 5.91. The predicted octanol–water partition coefficient (Wildman–Crippen LogP) is 2.45. The fourth-order valence-electron chi connectivity index (χ4n) is 2.81. The molecule has 1 aliphatic rings. The zero-order valence-electron chi connectivity index (χ0n) is 13.6. The first-order chi connectivity index (χ1) is 12.0. The molecule has 2 aromatic heterocycles. The maximum absolute atomic E-state index is 12.5. The number of aromatic nitrogens is 3. The second-order valence-corrected chi connectivity index (χ2v) is 7.20. The zero-order valence-corrected chi connectivity index (χ0v) is 15.9. The Kier molecular flexibility index (Phi) is 5.39.